The van der Waals surface area contributed by atoms with Gasteiger partial charge in [0.05, 0.1) is 0 Å². The molecular formula is C18H28. The number of hydrogen-bond acceptors (Lipinski definition) is 0. The third-order valence-electron chi connectivity index (χ3n) is 4.41. The second-order valence-corrected chi connectivity index (χ2v) is 5.94. The van der Waals surface area contributed by atoms with Crippen molar-refractivity contribution in [3.05, 3.63) is 35.9 Å². The highest BCUT2D eigenvalue weighted by Crippen LogP contribution is 2.25. The van der Waals surface area contributed by atoms with Crippen molar-refractivity contribution in [2.75, 3.05) is 0 Å². The summed E-state index contributed by atoms with van der Waals surface area (Å²) >= 11 is 0. The lowest BCUT2D eigenvalue weighted by atomic mass is 9.88. The van der Waals surface area contributed by atoms with E-state index in [1.807, 2.05) is 0 Å². The summed E-state index contributed by atoms with van der Waals surface area (Å²) in [7, 11) is 0. The van der Waals surface area contributed by atoms with E-state index in [-0.39, 0.29) is 0 Å². The zero-order valence-electron chi connectivity index (χ0n) is 11.7. The van der Waals surface area contributed by atoms with Crippen molar-refractivity contribution in [1.29, 1.82) is 0 Å². The highest BCUT2D eigenvalue weighted by molar-refractivity contribution is 5.14. The zero-order valence-corrected chi connectivity index (χ0v) is 11.7. The van der Waals surface area contributed by atoms with E-state index in [4.69, 9.17) is 0 Å². The summed E-state index contributed by atoms with van der Waals surface area (Å²) in [4.78, 5) is 0. The van der Waals surface area contributed by atoms with Crippen LogP contribution in [-0.4, -0.2) is 0 Å². The summed E-state index contributed by atoms with van der Waals surface area (Å²) in [5, 5.41) is 0. The van der Waals surface area contributed by atoms with Gasteiger partial charge in [-0.15, -0.1) is 0 Å². The van der Waals surface area contributed by atoms with E-state index in [1.54, 1.807) is 0 Å². The van der Waals surface area contributed by atoms with E-state index in [0.717, 1.165) is 5.92 Å². The number of benzene rings is 1. The Kier molecular flexibility index (Phi) is 6.33. The van der Waals surface area contributed by atoms with Gasteiger partial charge in [-0.3, -0.25) is 0 Å². The highest BCUT2D eigenvalue weighted by Gasteiger charge is 2.10. The summed E-state index contributed by atoms with van der Waals surface area (Å²) in [5.74, 6) is 0.989. The van der Waals surface area contributed by atoms with Crippen LogP contribution in [0.3, 0.4) is 0 Å². The minimum absolute atomic E-state index is 0.989. The van der Waals surface area contributed by atoms with Gasteiger partial charge in [0.15, 0.2) is 0 Å². The first kappa shape index (κ1) is 13.6. The van der Waals surface area contributed by atoms with Crippen LogP contribution in [0.25, 0.3) is 0 Å². The van der Waals surface area contributed by atoms with Crippen LogP contribution in [0.1, 0.15) is 69.8 Å². The number of rotatable bonds is 3. The molecule has 0 heterocycles. The van der Waals surface area contributed by atoms with Gasteiger partial charge in [-0.05, 0) is 24.3 Å². The molecule has 0 radical (unpaired) electrons. The van der Waals surface area contributed by atoms with Gasteiger partial charge in [-0.1, -0.05) is 88.1 Å². The molecule has 0 saturated heterocycles. The predicted octanol–water partition coefficient (Wildman–Crippen LogP) is 5.76. The molecule has 100 valence electrons. The Morgan fingerprint density at radius 2 is 1.28 bits per heavy atom. The molecule has 1 aliphatic carbocycles. The second kappa shape index (κ2) is 8.34. The molecule has 18 heavy (non-hydrogen) atoms. The van der Waals surface area contributed by atoms with E-state index in [1.165, 1.54) is 76.2 Å². The van der Waals surface area contributed by atoms with Gasteiger partial charge in [0.25, 0.3) is 0 Å². The lowest BCUT2D eigenvalue weighted by Gasteiger charge is -2.18. The maximum atomic E-state index is 2.28. The summed E-state index contributed by atoms with van der Waals surface area (Å²) in [6, 6.07) is 11.0. The van der Waals surface area contributed by atoms with Crippen LogP contribution in [0.4, 0.5) is 0 Å². The maximum absolute atomic E-state index is 2.28. The SMILES string of the molecule is c1ccc(CCC2CCCCCCCCC2)cc1. The molecule has 0 spiro atoms. The zero-order chi connectivity index (χ0) is 12.5. The molecule has 1 aromatic rings. The quantitative estimate of drug-likeness (QED) is 0.634. The molecule has 2 rings (SSSR count). The van der Waals surface area contributed by atoms with E-state index < -0.39 is 0 Å². The van der Waals surface area contributed by atoms with Gasteiger partial charge in [0, 0.05) is 0 Å². The molecule has 0 aliphatic heterocycles. The fourth-order valence-electron chi connectivity index (χ4n) is 3.20. The number of aryl methyl sites for hydroxylation is 1. The molecular weight excluding hydrogens is 216 g/mol. The van der Waals surface area contributed by atoms with Gasteiger partial charge in [-0.25, -0.2) is 0 Å². The first-order valence-electron chi connectivity index (χ1n) is 7.99. The summed E-state index contributed by atoms with van der Waals surface area (Å²) in [5.41, 5.74) is 1.52. The average Bonchev–Trinajstić information content (AvgIpc) is 2.44. The van der Waals surface area contributed by atoms with E-state index in [9.17, 15) is 0 Å². The van der Waals surface area contributed by atoms with Crippen molar-refractivity contribution in [3.8, 4) is 0 Å². The Hall–Kier alpha value is -0.780. The molecule has 0 bridgehead atoms. The molecule has 1 saturated carbocycles. The minimum Gasteiger partial charge on any atom is -0.0622 e. The van der Waals surface area contributed by atoms with Crippen LogP contribution < -0.4 is 0 Å². The Morgan fingerprint density at radius 1 is 0.722 bits per heavy atom. The third-order valence-corrected chi connectivity index (χ3v) is 4.41. The van der Waals surface area contributed by atoms with Crippen LogP contribution in [-0.2, 0) is 6.42 Å². The smallest absolute Gasteiger partial charge is 0.0276 e. The Balaban J connectivity index is 1.74. The van der Waals surface area contributed by atoms with Crippen LogP contribution in [0.2, 0.25) is 0 Å². The van der Waals surface area contributed by atoms with Crippen molar-refractivity contribution in [2.24, 2.45) is 5.92 Å². The first-order chi connectivity index (χ1) is 8.95. The van der Waals surface area contributed by atoms with Gasteiger partial charge in [0.2, 0.25) is 0 Å². The van der Waals surface area contributed by atoms with Crippen molar-refractivity contribution < 1.29 is 0 Å². The molecule has 0 N–H and O–H groups in total. The Bertz CT molecular complexity index is 291. The van der Waals surface area contributed by atoms with Crippen molar-refractivity contribution in [2.45, 2.75) is 70.6 Å². The maximum Gasteiger partial charge on any atom is -0.0276 e. The van der Waals surface area contributed by atoms with Gasteiger partial charge < -0.3 is 0 Å². The van der Waals surface area contributed by atoms with Gasteiger partial charge in [0.1, 0.15) is 0 Å². The van der Waals surface area contributed by atoms with E-state index in [0.29, 0.717) is 0 Å². The van der Waals surface area contributed by atoms with Crippen LogP contribution >= 0.6 is 0 Å². The Morgan fingerprint density at radius 3 is 1.89 bits per heavy atom. The van der Waals surface area contributed by atoms with Crippen molar-refractivity contribution in [1.82, 2.24) is 0 Å². The fourth-order valence-corrected chi connectivity index (χ4v) is 3.20. The lowest BCUT2D eigenvalue weighted by molar-refractivity contribution is 0.369. The molecule has 0 aromatic heterocycles. The normalized spacial score (nSPS) is 19.6. The minimum atomic E-state index is 0.989. The highest BCUT2D eigenvalue weighted by atomic mass is 14.2. The molecule has 0 heteroatoms. The topological polar surface area (TPSA) is 0 Å². The van der Waals surface area contributed by atoms with Crippen LogP contribution in [0.15, 0.2) is 30.3 Å². The molecule has 1 aromatic carbocycles. The third kappa shape index (κ3) is 5.25. The standard InChI is InChI=1S/C18H28/c1-2-4-7-11-17(12-8-5-3-1)15-16-18-13-9-6-10-14-18/h6,9-10,13-14,17H,1-5,7-8,11-12,15-16H2. The van der Waals surface area contributed by atoms with Crippen molar-refractivity contribution >= 4 is 0 Å². The fraction of sp³-hybridized carbons (Fsp3) is 0.667. The summed E-state index contributed by atoms with van der Waals surface area (Å²) in [6.07, 6.45) is 16.0. The molecule has 0 atom stereocenters. The molecule has 0 unspecified atom stereocenters. The van der Waals surface area contributed by atoms with E-state index in [2.05, 4.69) is 30.3 Å². The molecule has 0 nitrogen and oxygen atoms in total. The summed E-state index contributed by atoms with van der Waals surface area (Å²) < 4.78 is 0. The van der Waals surface area contributed by atoms with Crippen molar-refractivity contribution in [3.63, 3.8) is 0 Å². The average molecular weight is 244 g/mol. The number of hydrogen-bond donors (Lipinski definition) is 0. The molecule has 1 fully saturated rings. The molecule has 1 aliphatic rings. The monoisotopic (exact) mass is 244 g/mol. The summed E-state index contributed by atoms with van der Waals surface area (Å²) in [6.45, 7) is 0. The molecule has 0 amide bonds. The first-order valence-corrected chi connectivity index (χ1v) is 7.99. The van der Waals surface area contributed by atoms with Crippen LogP contribution in [0, 0.1) is 5.92 Å². The van der Waals surface area contributed by atoms with Gasteiger partial charge in [-0.2, -0.15) is 0 Å². The Labute approximate surface area is 113 Å². The predicted molar refractivity (Wildman–Crippen MR) is 79.8 cm³/mol. The van der Waals surface area contributed by atoms with Gasteiger partial charge >= 0.3 is 0 Å². The second-order valence-electron chi connectivity index (χ2n) is 5.94. The van der Waals surface area contributed by atoms with E-state index >= 15 is 0 Å². The van der Waals surface area contributed by atoms with Crippen LogP contribution in [0.5, 0.6) is 0 Å². The largest absolute Gasteiger partial charge is 0.0622 e. The lowest BCUT2D eigenvalue weighted by Crippen LogP contribution is -2.04.